The van der Waals surface area contributed by atoms with Gasteiger partial charge in [-0.15, -0.1) is 0 Å². The molecule has 3 heteroatoms. The van der Waals surface area contributed by atoms with Gasteiger partial charge in [-0.1, -0.05) is 12.2 Å². The summed E-state index contributed by atoms with van der Waals surface area (Å²) in [5.74, 6) is 2.12. The molecule has 2 rings (SSSR count). The predicted molar refractivity (Wildman–Crippen MR) is 103 cm³/mol. The molecule has 0 fully saturated rings. The molecule has 132 valence electrons. The van der Waals surface area contributed by atoms with Crippen LogP contribution < -0.4 is 0 Å². The molecule has 0 aromatic carbocycles. The maximum absolute atomic E-state index is 6.64. The fourth-order valence-electron chi connectivity index (χ4n) is 4.01. The molecule has 0 saturated carbocycles. The molecule has 0 aromatic rings. The highest BCUT2D eigenvalue weighted by molar-refractivity contribution is 6.71. The summed E-state index contributed by atoms with van der Waals surface area (Å²) in [5.41, 5.74) is 0.224. The van der Waals surface area contributed by atoms with Crippen LogP contribution in [0.1, 0.15) is 59.8 Å². The number of nitrogens with zero attached hydrogens (tertiary/aromatic N) is 1. The summed E-state index contributed by atoms with van der Waals surface area (Å²) in [6, 6.07) is 1.28. The molecular weight excluding hydrogens is 298 g/mol. The Morgan fingerprint density at radius 3 is 2.48 bits per heavy atom. The van der Waals surface area contributed by atoms with Crippen molar-refractivity contribution in [1.82, 2.24) is 4.90 Å². The van der Waals surface area contributed by atoms with Crippen LogP contribution in [0.4, 0.5) is 0 Å². The van der Waals surface area contributed by atoms with E-state index in [9.17, 15) is 0 Å². The molecule has 0 saturated heterocycles. The van der Waals surface area contributed by atoms with E-state index in [0.29, 0.717) is 0 Å². The molecule has 23 heavy (non-hydrogen) atoms. The minimum atomic E-state index is -1.63. The zero-order valence-electron chi connectivity index (χ0n) is 16.4. The van der Waals surface area contributed by atoms with Crippen LogP contribution in [0, 0.1) is 5.92 Å². The molecule has 0 N–H and O–H groups in total. The van der Waals surface area contributed by atoms with Crippen molar-refractivity contribution in [2.24, 2.45) is 5.92 Å². The number of allylic oxidation sites excluding steroid dienone is 2. The first-order valence-corrected chi connectivity index (χ1v) is 12.4. The van der Waals surface area contributed by atoms with Crippen LogP contribution in [-0.2, 0) is 4.43 Å². The van der Waals surface area contributed by atoms with Crippen molar-refractivity contribution in [3.8, 4) is 0 Å². The molecule has 1 aliphatic heterocycles. The van der Waals surface area contributed by atoms with E-state index in [1.807, 2.05) is 0 Å². The lowest BCUT2D eigenvalue weighted by Crippen LogP contribution is -2.55. The minimum Gasteiger partial charge on any atom is -0.547 e. The van der Waals surface area contributed by atoms with Gasteiger partial charge in [0.15, 0.2) is 0 Å². The summed E-state index contributed by atoms with van der Waals surface area (Å²) in [7, 11) is 0.596. The average molecular weight is 336 g/mol. The first kappa shape index (κ1) is 18.8. The maximum atomic E-state index is 6.64. The van der Waals surface area contributed by atoms with Gasteiger partial charge in [0.25, 0.3) is 0 Å². The van der Waals surface area contributed by atoms with Crippen LogP contribution >= 0.6 is 0 Å². The molecule has 1 unspecified atom stereocenters. The van der Waals surface area contributed by atoms with Crippen LogP contribution in [0.25, 0.3) is 0 Å². The van der Waals surface area contributed by atoms with E-state index in [0.717, 1.165) is 12.3 Å². The number of rotatable bonds is 5. The predicted octanol–water partition coefficient (Wildman–Crippen LogP) is 5.73. The average Bonchev–Trinajstić information content (AvgIpc) is 2.43. The standard InChI is InChI=1S/C20H37NOSi/c1-19(2)15-18(16-20(3,4)21(19)5)22-23(6,7)14-13-17-11-9-8-10-12-17/h8-9,15,17H,10-14,16H2,1-7H3. The van der Waals surface area contributed by atoms with Gasteiger partial charge in [0.1, 0.15) is 0 Å². The van der Waals surface area contributed by atoms with Gasteiger partial charge in [-0.05, 0) is 91.6 Å². The SMILES string of the molecule is CN1C(C)(C)C=C(O[Si](C)(C)CCC2CC=CCC2)CC1(C)C. The second-order valence-corrected chi connectivity index (χ2v) is 13.6. The van der Waals surface area contributed by atoms with Crippen molar-refractivity contribution in [3.05, 3.63) is 24.0 Å². The molecule has 0 spiro atoms. The monoisotopic (exact) mass is 335 g/mol. The topological polar surface area (TPSA) is 12.5 Å². The molecule has 0 bridgehead atoms. The van der Waals surface area contributed by atoms with E-state index in [-0.39, 0.29) is 11.1 Å². The van der Waals surface area contributed by atoms with Gasteiger partial charge in [-0.2, -0.15) is 0 Å². The Kier molecular flexibility index (Phi) is 5.52. The number of likely N-dealkylation sites (N-methyl/N-ethyl adjacent to an activating group) is 1. The van der Waals surface area contributed by atoms with Crippen molar-refractivity contribution in [1.29, 1.82) is 0 Å². The van der Waals surface area contributed by atoms with E-state index in [4.69, 9.17) is 4.43 Å². The first-order valence-electron chi connectivity index (χ1n) is 9.32. The fourth-order valence-corrected chi connectivity index (χ4v) is 6.05. The quantitative estimate of drug-likeness (QED) is 0.470. The Labute approximate surface area is 145 Å². The van der Waals surface area contributed by atoms with Crippen LogP contribution in [0.5, 0.6) is 0 Å². The third-order valence-corrected chi connectivity index (χ3v) is 8.14. The summed E-state index contributed by atoms with van der Waals surface area (Å²) < 4.78 is 6.64. The van der Waals surface area contributed by atoms with E-state index in [2.05, 4.69) is 71.0 Å². The molecule has 0 radical (unpaired) electrons. The molecule has 0 aromatic heterocycles. The molecular formula is C20H37NOSi. The van der Waals surface area contributed by atoms with E-state index < -0.39 is 8.32 Å². The molecule has 2 nitrogen and oxygen atoms in total. The summed E-state index contributed by atoms with van der Waals surface area (Å²) >= 11 is 0. The Morgan fingerprint density at radius 2 is 1.91 bits per heavy atom. The van der Waals surface area contributed by atoms with Crippen molar-refractivity contribution in [2.45, 2.75) is 90.0 Å². The van der Waals surface area contributed by atoms with E-state index >= 15 is 0 Å². The van der Waals surface area contributed by atoms with Crippen molar-refractivity contribution >= 4 is 8.32 Å². The highest BCUT2D eigenvalue weighted by Gasteiger charge is 2.40. The third-order valence-electron chi connectivity index (χ3n) is 5.83. The van der Waals surface area contributed by atoms with Crippen LogP contribution in [0.3, 0.4) is 0 Å². The molecule has 1 aliphatic carbocycles. The highest BCUT2D eigenvalue weighted by atomic mass is 28.4. The fraction of sp³-hybridized carbons (Fsp3) is 0.800. The van der Waals surface area contributed by atoms with Gasteiger partial charge >= 0.3 is 0 Å². The van der Waals surface area contributed by atoms with Gasteiger partial charge < -0.3 is 4.43 Å². The zero-order chi connectivity index (χ0) is 17.3. The Balaban J connectivity index is 1.97. The van der Waals surface area contributed by atoms with Crippen molar-refractivity contribution in [3.63, 3.8) is 0 Å². The van der Waals surface area contributed by atoms with Gasteiger partial charge in [0.2, 0.25) is 8.32 Å². The summed E-state index contributed by atoms with van der Waals surface area (Å²) in [4.78, 5) is 2.47. The zero-order valence-corrected chi connectivity index (χ0v) is 17.4. The first-order chi connectivity index (χ1) is 10.5. The molecule has 1 heterocycles. The van der Waals surface area contributed by atoms with Crippen molar-refractivity contribution < 1.29 is 4.43 Å². The van der Waals surface area contributed by atoms with Crippen molar-refractivity contribution in [2.75, 3.05) is 7.05 Å². The van der Waals surface area contributed by atoms with Gasteiger partial charge in [-0.25, -0.2) is 0 Å². The minimum absolute atomic E-state index is 0.0652. The smallest absolute Gasteiger partial charge is 0.244 e. The maximum Gasteiger partial charge on any atom is 0.244 e. The molecule has 0 amide bonds. The Hall–Kier alpha value is -0.543. The largest absolute Gasteiger partial charge is 0.547 e. The second kappa shape index (κ2) is 6.76. The third kappa shape index (κ3) is 4.96. The normalized spacial score (nSPS) is 27.6. The van der Waals surface area contributed by atoms with Crippen LogP contribution in [0.2, 0.25) is 19.1 Å². The van der Waals surface area contributed by atoms with Gasteiger partial charge in [0.05, 0.1) is 5.76 Å². The lowest BCUT2D eigenvalue weighted by atomic mass is 9.85. The van der Waals surface area contributed by atoms with E-state index in [1.54, 1.807) is 0 Å². The lowest BCUT2D eigenvalue weighted by molar-refractivity contribution is 0.0484. The summed E-state index contributed by atoms with van der Waals surface area (Å²) in [5, 5.41) is 0. The molecule has 2 aliphatic rings. The van der Waals surface area contributed by atoms with E-state index in [1.165, 1.54) is 37.5 Å². The summed E-state index contributed by atoms with van der Waals surface area (Å²) in [6.45, 7) is 14.0. The highest BCUT2D eigenvalue weighted by Crippen LogP contribution is 2.38. The van der Waals surface area contributed by atoms with Gasteiger partial charge in [0, 0.05) is 17.5 Å². The summed E-state index contributed by atoms with van der Waals surface area (Å²) in [6.07, 6.45) is 13.3. The Bertz CT molecular complexity index is 476. The number of hydrogen-bond donors (Lipinski definition) is 0. The number of hydrogen-bond acceptors (Lipinski definition) is 2. The Morgan fingerprint density at radius 1 is 1.22 bits per heavy atom. The lowest BCUT2D eigenvalue weighted by Gasteiger charge is -2.50. The van der Waals surface area contributed by atoms with Gasteiger partial charge in [-0.3, -0.25) is 4.90 Å². The second-order valence-electron chi connectivity index (χ2n) is 9.36. The van der Waals surface area contributed by atoms with Crippen LogP contribution in [0.15, 0.2) is 24.0 Å². The van der Waals surface area contributed by atoms with Crippen LogP contribution in [-0.4, -0.2) is 31.3 Å². The molecule has 1 atom stereocenters.